The van der Waals surface area contributed by atoms with Crippen molar-refractivity contribution >= 4 is 0 Å². The quantitative estimate of drug-likeness (QED) is 0.190. The summed E-state index contributed by atoms with van der Waals surface area (Å²) in [5.74, 6) is 0.667. The maximum atomic E-state index is 10.7. The highest BCUT2D eigenvalue weighted by atomic mass is 16.7. The van der Waals surface area contributed by atoms with E-state index in [0.717, 1.165) is 12.8 Å². The average molecular weight is 469 g/mol. The van der Waals surface area contributed by atoms with E-state index in [4.69, 9.17) is 18.9 Å². The van der Waals surface area contributed by atoms with Gasteiger partial charge in [-0.1, -0.05) is 27.7 Å². The lowest BCUT2D eigenvalue weighted by Crippen LogP contribution is -2.65. The molecule has 0 amide bonds. The molecule has 0 saturated carbocycles. The predicted molar refractivity (Wildman–Crippen MR) is 110 cm³/mol. The van der Waals surface area contributed by atoms with Crippen LogP contribution >= 0.6 is 0 Å². The predicted octanol–water partition coefficient (Wildman–Crippen LogP) is -1.91. The first-order chi connectivity index (χ1) is 15.0. The lowest BCUT2D eigenvalue weighted by Gasteiger charge is -2.46. The van der Waals surface area contributed by atoms with E-state index in [1.54, 1.807) is 0 Å². The number of rotatable bonds is 10. The third-order valence-corrected chi connectivity index (χ3v) is 5.76. The van der Waals surface area contributed by atoms with Crippen molar-refractivity contribution < 1.29 is 54.7 Å². The van der Waals surface area contributed by atoms with Gasteiger partial charge in [-0.15, -0.1) is 0 Å². The fraction of sp³-hybridized carbons (Fsp3) is 1.00. The molecule has 11 heteroatoms. The summed E-state index contributed by atoms with van der Waals surface area (Å²) < 4.78 is 22.5. The minimum absolute atomic E-state index is 0.232. The summed E-state index contributed by atoms with van der Waals surface area (Å²) in [5.41, 5.74) is 0. The van der Waals surface area contributed by atoms with Crippen LogP contribution in [0.25, 0.3) is 0 Å². The average Bonchev–Trinajstić information content (AvgIpc) is 2.72. The summed E-state index contributed by atoms with van der Waals surface area (Å²) in [7, 11) is 0. The van der Waals surface area contributed by atoms with E-state index >= 15 is 0 Å². The fourth-order valence-corrected chi connectivity index (χ4v) is 4.12. The standard InChI is InChI=1S/C21H40O11/c1-9(2)5-11(6-10(3)4)29-20-18(28)16(26)19(13(8-23)31-20)32-21-17(27)15(25)14(24)12(7-22)30-21/h9-28H,5-8H2,1-4H3. The van der Waals surface area contributed by atoms with Crippen molar-refractivity contribution in [2.24, 2.45) is 11.8 Å². The molecule has 0 aromatic rings. The molecule has 0 aliphatic carbocycles. The summed E-state index contributed by atoms with van der Waals surface area (Å²) in [6, 6.07) is 0. The Morgan fingerprint density at radius 3 is 1.66 bits per heavy atom. The van der Waals surface area contributed by atoms with E-state index in [1.807, 2.05) is 27.7 Å². The Hall–Kier alpha value is -0.440. The SMILES string of the molecule is CC(C)CC(CC(C)C)OC1OC(CO)C(OC2OC(CO)C(O)C(O)C2O)C(O)C1O. The highest BCUT2D eigenvalue weighted by molar-refractivity contribution is 4.94. The summed E-state index contributed by atoms with van der Waals surface area (Å²) in [6.45, 7) is 6.94. The van der Waals surface area contributed by atoms with Gasteiger partial charge in [0.25, 0.3) is 0 Å². The van der Waals surface area contributed by atoms with Gasteiger partial charge in [0.2, 0.25) is 0 Å². The molecule has 0 aromatic heterocycles. The zero-order valence-corrected chi connectivity index (χ0v) is 19.1. The molecule has 10 atom stereocenters. The molecular weight excluding hydrogens is 428 g/mol. The van der Waals surface area contributed by atoms with Gasteiger partial charge in [-0.2, -0.15) is 0 Å². The first-order valence-corrected chi connectivity index (χ1v) is 11.2. The maximum Gasteiger partial charge on any atom is 0.187 e. The number of hydrogen-bond acceptors (Lipinski definition) is 11. The Bertz CT molecular complexity index is 534. The van der Waals surface area contributed by atoms with Crippen LogP contribution in [-0.4, -0.2) is 116 Å². The molecule has 0 spiro atoms. The Morgan fingerprint density at radius 2 is 1.16 bits per heavy atom. The number of hydrogen-bond donors (Lipinski definition) is 7. The minimum atomic E-state index is -1.70. The molecule has 2 fully saturated rings. The number of aliphatic hydroxyl groups excluding tert-OH is 7. The van der Waals surface area contributed by atoms with Crippen LogP contribution in [-0.2, 0) is 18.9 Å². The first-order valence-electron chi connectivity index (χ1n) is 11.2. The second kappa shape index (κ2) is 12.3. The molecule has 2 rings (SSSR count). The van der Waals surface area contributed by atoms with E-state index < -0.39 is 74.6 Å². The molecular formula is C21H40O11. The van der Waals surface area contributed by atoms with Crippen LogP contribution < -0.4 is 0 Å². The van der Waals surface area contributed by atoms with E-state index in [9.17, 15) is 35.7 Å². The molecule has 0 radical (unpaired) electrons. The third kappa shape index (κ3) is 6.80. The highest BCUT2D eigenvalue weighted by Gasteiger charge is 2.51. The van der Waals surface area contributed by atoms with Crippen LogP contribution in [0.4, 0.5) is 0 Å². The monoisotopic (exact) mass is 468 g/mol. The van der Waals surface area contributed by atoms with Crippen LogP contribution in [0.1, 0.15) is 40.5 Å². The Morgan fingerprint density at radius 1 is 0.656 bits per heavy atom. The van der Waals surface area contributed by atoms with Crippen molar-refractivity contribution in [3.8, 4) is 0 Å². The normalized spacial score (nSPS) is 41.1. The smallest absolute Gasteiger partial charge is 0.187 e. The van der Waals surface area contributed by atoms with Crippen molar-refractivity contribution in [1.29, 1.82) is 0 Å². The second-order valence-corrected chi connectivity index (χ2v) is 9.52. The van der Waals surface area contributed by atoms with Gasteiger partial charge in [-0.25, -0.2) is 0 Å². The summed E-state index contributed by atoms with van der Waals surface area (Å²) in [5, 5.41) is 70.5. The zero-order chi connectivity index (χ0) is 24.2. The van der Waals surface area contributed by atoms with Gasteiger partial charge in [-0.3, -0.25) is 0 Å². The van der Waals surface area contributed by atoms with Crippen LogP contribution in [0, 0.1) is 11.8 Å². The Labute approximate surface area is 188 Å². The molecule has 0 bridgehead atoms. The van der Waals surface area contributed by atoms with Gasteiger partial charge in [-0.05, 0) is 24.7 Å². The molecule has 2 saturated heterocycles. The lowest BCUT2D eigenvalue weighted by molar-refractivity contribution is -0.363. The van der Waals surface area contributed by atoms with Crippen molar-refractivity contribution in [2.75, 3.05) is 13.2 Å². The molecule has 2 aliphatic heterocycles. The van der Waals surface area contributed by atoms with E-state index in [2.05, 4.69) is 0 Å². The Balaban J connectivity index is 2.11. The largest absolute Gasteiger partial charge is 0.394 e. The van der Waals surface area contributed by atoms with Crippen molar-refractivity contribution in [2.45, 2.75) is 108 Å². The van der Waals surface area contributed by atoms with Gasteiger partial charge in [0.1, 0.15) is 48.8 Å². The summed E-state index contributed by atoms with van der Waals surface area (Å²) >= 11 is 0. The third-order valence-electron chi connectivity index (χ3n) is 5.76. The molecule has 2 aliphatic rings. The van der Waals surface area contributed by atoms with Crippen LogP contribution in [0.3, 0.4) is 0 Å². The van der Waals surface area contributed by atoms with E-state index in [0.29, 0.717) is 11.8 Å². The van der Waals surface area contributed by atoms with Gasteiger partial charge >= 0.3 is 0 Å². The van der Waals surface area contributed by atoms with Crippen molar-refractivity contribution in [3.05, 3.63) is 0 Å². The van der Waals surface area contributed by atoms with Gasteiger partial charge < -0.3 is 54.7 Å². The minimum Gasteiger partial charge on any atom is -0.394 e. The van der Waals surface area contributed by atoms with Crippen molar-refractivity contribution in [1.82, 2.24) is 0 Å². The molecule has 2 heterocycles. The zero-order valence-electron chi connectivity index (χ0n) is 19.1. The van der Waals surface area contributed by atoms with Gasteiger partial charge in [0.05, 0.1) is 19.3 Å². The maximum absolute atomic E-state index is 10.7. The summed E-state index contributed by atoms with van der Waals surface area (Å²) in [6.07, 6.45) is -13.3. The molecule has 11 nitrogen and oxygen atoms in total. The van der Waals surface area contributed by atoms with Gasteiger partial charge in [0, 0.05) is 0 Å². The second-order valence-electron chi connectivity index (χ2n) is 9.52. The fourth-order valence-electron chi connectivity index (χ4n) is 4.12. The molecule has 10 unspecified atom stereocenters. The topological polar surface area (TPSA) is 179 Å². The lowest BCUT2D eigenvalue weighted by atomic mass is 9.96. The molecule has 190 valence electrons. The first kappa shape index (κ1) is 27.8. The Kier molecular flexibility index (Phi) is 10.7. The summed E-state index contributed by atoms with van der Waals surface area (Å²) in [4.78, 5) is 0. The van der Waals surface area contributed by atoms with Crippen LogP contribution in [0.2, 0.25) is 0 Å². The molecule has 7 N–H and O–H groups in total. The molecule has 32 heavy (non-hydrogen) atoms. The number of ether oxygens (including phenoxy) is 4. The number of aliphatic hydroxyl groups is 7. The highest BCUT2D eigenvalue weighted by Crippen LogP contribution is 2.31. The van der Waals surface area contributed by atoms with Crippen LogP contribution in [0.15, 0.2) is 0 Å². The van der Waals surface area contributed by atoms with Crippen molar-refractivity contribution in [3.63, 3.8) is 0 Å². The van der Waals surface area contributed by atoms with Crippen LogP contribution in [0.5, 0.6) is 0 Å². The van der Waals surface area contributed by atoms with E-state index in [1.165, 1.54) is 0 Å². The molecule has 0 aromatic carbocycles. The van der Waals surface area contributed by atoms with E-state index in [-0.39, 0.29) is 6.10 Å². The van der Waals surface area contributed by atoms with Gasteiger partial charge in [0.15, 0.2) is 12.6 Å².